The molecule has 2 rings (SSSR count). The molecule has 1 atom stereocenters. The van der Waals surface area contributed by atoms with Gasteiger partial charge in [0.2, 0.25) is 5.91 Å². The maximum atomic E-state index is 11.2. The molecule has 0 spiro atoms. The quantitative estimate of drug-likeness (QED) is 0.829. The van der Waals surface area contributed by atoms with Gasteiger partial charge in [-0.15, -0.1) is 0 Å². The average Bonchev–Trinajstić information content (AvgIpc) is 2.65. The standard InChI is InChI=1S/C13H15N3O2/c14-8-10-2-4-11(5-3-10)16-6-1-7-18-12(9-16)13(15)17/h2-5,12H,1,6-7,9H2,(H2,15,17)/t12-/m0/s1. The minimum absolute atomic E-state index is 0.435. The summed E-state index contributed by atoms with van der Waals surface area (Å²) in [6.07, 6.45) is 0.284. The van der Waals surface area contributed by atoms with Gasteiger partial charge in [-0.1, -0.05) is 0 Å². The van der Waals surface area contributed by atoms with Gasteiger partial charge in [-0.3, -0.25) is 4.79 Å². The molecular formula is C13H15N3O2. The van der Waals surface area contributed by atoms with Crippen LogP contribution in [0.2, 0.25) is 0 Å². The van der Waals surface area contributed by atoms with Gasteiger partial charge in [0.05, 0.1) is 18.2 Å². The number of carbonyl (C=O) groups is 1. The summed E-state index contributed by atoms with van der Waals surface area (Å²) in [6.45, 7) is 1.82. The van der Waals surface area contributed by atoms with Crippen molar-refractivity contribution in [3.63, 3.8) is 0 Å². The van der Waals surface area contributed by atoms with Crippen molar-refractivity contribution in [1.82, 2.24) is 0 Å². The third-order valence-corrected chi connectivity index (χ3v) is 2.96. The lowest BCUT2D eigenvalue weighted by Crippen LogP contribution is -2.40. The number of carbonyl (C=O) groups excluding carboxylic acids is 1. The number of anilines is 1. The van der Waals surface area contributed by atoms with E-state index in [1.807, 2.05) is 12.1 Å². The first-order chi connectivity index (χ1) is 8.70. The fourth-order valence-electron chi connectivity index (χ4n) is 1.98. The van der Waals surface area contributed by atoms with Crippen molar-refractivity contribution in [2.75, 3.05) is 24.6 Å². The number of benzene rings is 1. The van der Waals surface area contributed by atoms with Crippen molar-refractivity contribution >= 4 is 11.6 Å². The molecule has 2 N–H and O–H groups in total. The molecule has 0 aromatic heterocycles. The van der Waals surface area contributed by atoms with Crippen LogP contribution in [0.5, 0.6) is 0 Å². The number of ether oxygens (including phenoxy) is 1. The van der Waals surface area contributed by atoms with E-state index in [9.17, 15) is 4.79 Å². The highest BCUT2D eigenvalue weighted by Crippen LogP contribution is 2.18. The van der Waals surface area contributed by atoms with Gasteiger partial charge in [-0.2, -0.15) is 5.26 Å². The zero-order valence-electron chi connectivity index (χ0n) is 10.0. The van der Waals surface area contributed by atoms with E-state index in [1.54, 1.807) is 12.1 Å². The molecule has 1 heterocycles. The molecule has 18 heavy (non-hydrogen) atoms. The van der Waals surface area contributed by atoms with E-state index in [1.165, 1.54) is 0 Å². The summed E-state index contributed by atoms with van der Waals surface area (Å²) < 4.78 is 5.39. The number of amides is 1. The van der Waals surface area contributed by atoms with Crippen LogP contribution >= 0.6 is 0 Å². The summed E-state index contributed by atoms with van der Waals surface area (Å²) in [7, 11) is 0. The number of hydrogen-bond donors (Lipinski definition) is 1. The number of rotatable bonds is 2. The Morgan fingerprint density at radius 2 is 2.17 bits per heavy atom. The molecule has 5 nitrogen and oxygen atoms in total. The van der Waals surface area contributed by atoms with Crippen LogP contribution in [0.1, 0.15) is 12.0 Å². The first-order valence-corrected chi connectivity index (χ1v) is 5.87. The number of nitrogens with two attached hydrogens (primary N) is 1. The molecule has 0 radical (unpaired) electrons. The Kier molecular flexibility index (Phi) is 3.80. The van der Waals surface area contributed by atoms with E-state index in [0.29, 0.717) is 18.7 Å². The van der Waals surface area contributed by atoms with Crippen molar-refractivity contribution in [3.05, 3.63) is 29.8 Å². The largest absolute Gasteiger partial charge is 0.368 e. The predicted molar refractivity (Wildman–Crippen MR) is 66.9 cm³/mol. The maximum Gasteiger partial charge on any atom is 0.248 e. The minimum Gasteiger partial charge on any atom is -0.368 e. The molecular weight excluding hydrogens is 230 g/mol. The lowest BCUT2D eigenvalue weighted by molar-refractivity contribution is -0.128. The number of nitriles is 1. The summed E-state index contributed by atoms with van der Waals surface area (Å²) in [6, 6.07) is 9.36. The lowest BCUT2D eigenvalue weighted by Gasteiger charge is -2.24. The van der Waals surface area contributed by atoms with Gasteiger partial charge in [-0.05, 0) is 30.7 Å². The molecule has 0 unspecified atom stereocenters. The van der Waals surface area contributed by atoms with E-state index < -0.39 is 12.0 Å². The number of hydrogen-bond acceptors (Lipinski definition) is 4. The van der Waals surface area contributed by atoms with Crippen molar-refractivity contribution in [2.24, 2.45) is 5.73 Å². The van der Waals surface area contributed by atoms with Crippen molar-refractivity contribution < 1.29 is 9.53 Å². The van der Waals surface area contributed by atoms with Crippen LogP contribution in [-0.4, -0.2) is 31.7 Å². The summed E-state index contributed by atoms with van der Waals surface area (Å²) in [4.78, 5) is 13.3. The third kappa shape index (κ3) is 2.79. The molecule has 94 valence electrons. The van der Waals surface area contributed by atoms with Crippen LogP contribution < -0.4 is 10.6 Å². The molecule has 1 amide bonds. The van der Waals surface area contributed by atoms with E-state index in [-0.39, 0.29) is 0 Å². The normalized spacial score (nSPS) is 19.9. The van der Waals surface area contributed by atoms with Gasteiger partial charge in [0.15, 0.2) is 6.10 Å². The first-order valence-electron chi connectivity index (χ1n) is 5.87. The number of primary amides is 1. The Bertz CT molecular complexity index is 464. The second-order valence-electron chi connectivity index (χ2n) is 4.22. The number of nitrogens with zero attached hydrogens (tertiary/aromatic N) is 2. The van der Waals surface area contributed by atoms with E-state index in [4.69, 9.17) is 15.7 Å². The Balaban J connectivity index is 2.15. The van der Waals surface area contributed by atoms with Gasteiger partial charge >= 0.3 is 0 Å². The first kappa shape index (κ1) is 12.4. The highest BCUT2D eigenvalue weighted by molar-refractivity contribution is 5.79. The topological polar surface area (TPSA) is 79.3 Å². The smallest absolute Gasteiger partial charge is 0.248 e. The minimum atomic E-state index is -0.567. The van der Waals surface area contributed by atoms with E-state index in [2.05, 4.69) is 11.0 Å². The molecule has 0 bridgehead atoms. The van der Waals surface area contributed by atoms with E-state index >= 15 is 0 Å². The van der Waals surface area contributed by atoms with Crippen LogP contribution in [0.15, 0.2) is 24.3 Å². The van der Waals surface area contributed by atoms with Crippen LogP contribution in [0.25, 0.3) is 0 Å². The molecule has 1 aromatic carbocycles. The summed E-state index contributed by atoms with van der Waals surface area (Å²) in [5.74, 6) is -0.435. The lowest BCUT2D eigenvalue weighted by atomic mass is 10.2. The SMILES string of the molecule is N#Cc1ccc(N2CCCO[C@H](C(N)=O)C2)cc1. The molecule has 0 aliphatic carbocycles. The highest BCUT2D eigenvalue weighted by atomic mass is 16.5. The van der Waals surface area contributed by atoms with Gasteiger partial charge < -0.3 is 15.4 Å². The average molecular weight is 245 g/mol. The summed E-state index contributed by atoms with van der Waals surface area (Å²) >= 11 is 0. The van der Waals surface area contributed by atoms with Crippen LogP contribution in [0.3, 0.4) is 0 Å². The highest BCUT2D eigenvalue weighted by Gasteiger charge is 2.23. The zero-order chi connectivity index (χ0) is 13.0. The summed E-state index contributed by atoms with van der Waals surface area (Å²) in [5, 5.41) is 8.75. The zero-order valence-corrected chi connectivity index (χ0v) is 10.0. The van der Waals surface area contributed by atoms with E-state index in [0.717, 1.165) is 18.7 Å². The van der Waals surface area contributed by atoms with Gasteiger partial charge in [0.1, 0.15) is 0 Å². The second-order valence-corrected chi connectivity index (χ2v) is 4.22. The van der Waals surface area contributed by atoms with Crippen LogP contribution in [0.4, 0.5) is 5.69 Å². The monoisotopic (exact) mass is 245 g/mol. The summed E-state index contributed by atoms with van der Waals surface area (Å²) in [5.41, 5.74) is 6.89. The van der Waals surface area contributed by atoms with Crippen molar-refractivity contribution in [2.45, 2.75) is 12.5 Å². The Labute approximate surface area is 106 Å². The van der Waals surface area contributed by atoms with Gasteiger partial charge in [-0.25, -0.2) is 0 Å². The molecule has 1 aliphatic heterocycles. The van der Waals surface area contributed by atoms with Crippen molar-refractivity contribution in [3.8, 4) is 6.07 Å². The van der Waals surface area contributed by atoms with Gasteiger partial charge in [0.25, 0.3) is 0 Å². The Hall–Kier alpha value is -2.06. The molecule has 1 aliphatic rings. The fraction of sp³-hybridized carbons (Fsp3) is 0.385. The Morgan fingerprint density at radius 1 is 1.44 bits per heavy atom. The molecule has 1 aromatic rings. The van der Waals surface area contributed by atoms with Crippen LogP contribution in [0, 0.1) is 11.3 Å². The fourth-order valence-corrected chi connectivity index (χ4v) is 1.98. The molecule has 0 saturated carbocycles. The van der Waals surface area contributed by atoms with Crippen LogP contribution in [-0.2, 0) is 9.53 Å². The maximum absolute atomic E-state index is 11.2. The molecule has 1 saturated heterocycles. The predicted octanol–water partition coefficient (Wildman–Crippen LogP) is 0.639. The second kappa shape index (κ2) is 5.52. The van der Waals surface area contributed by atoms with Gasteiger partial charge in [0, 0.05) is 18.8 Å². The Morgan fingerprint density at radius 3 is 2.78 bits per heavy atom. The molecule has 1 fully saturated rings. The van der Waals surface area contributed by atoms with Crippen molar-refractivity contribution in [1.29, 1.82) is 5.26 Å². The molecule has 5 heteroatoms. The third-order valence-electron chi connectivity index (χ3n) is 2.96.